The van der Waals surface area contributed by atoms with Crippen LogP contribution >= 0.6 is 0 Å². The van der Waals surface area contributed by atoms with Crippen LogP contribution in [0.2, 0.25) is 0 Å². The highest BCUT2D eigenvalue weighted by atomic mass is 16.7. The number of hydrogen-bond acceptors (Lipinski definition) is 5. The lowest BCUT2D eigenvalue weighted by molar-refractivity contribution is -0.205. The van der Waals surface area contributed by atoms with Crippen molar-refractivity contribution in [1.29, 1.82) is 0 Å². The van der Waals surface area contributed by atoms with Gasteiger partial charge >= 0.3 is 6.09 Å². The average Bonchev–Trinajstić information content (AvgIpc) is 3.58. The summed E-state index contributed by atoms with van der Waals surface area (Å²) in [7, 11) is 0. The second-order valence-corrected chi connectivity index (χ2v) is 9.93. The van der Waals surface area contributed by atoms with Crippen LogP contribution in [0.5, 0.6) is 0 Å². The molecule has 2 saturated heterocycles. The molecule has 0 unspecified atom stereocenters. The Balaban J connectivity index is 1.62. The SMILES string of the molecule is C[C@H]1ON(C(c2ccccc2)(c2ccccc2)c2ccccc2)[C@H](c2ccccc2)[C@@H]1C(=O)N1CCOC1=O. The predicted molar refractivity (Wildman–Crippen MR) is 147 cm³/mol. The molecule has 2 heterocycles. The first-order valence-electron chi connectivity index (χ1n) is 13.3. The molecule has 0 saturated carbocycles. The van der Waals surface area contributed by atoms with Gasteiger partial charge in [0.25, 0.3) is 0 Å². The summed E-state index contributed by atoms with van der Waals surface area (Å²) < 4.78 is 5.14. The average molecular weight is 519 g/mol. The topological polar surface area (TPSA) is 59.1 Å². The summed E-state index contributed by atoms with van der Waals surface area (Å²) in [4.78, 5) is 34.6. The summed E-state index contributed by atoms with van der Waals surface area (Å²) in [6, 6.07) is 40.2. The van der Waals surface area contributed by atoms with Crippen LogP contribution in [0.3, 0.4) is 0 Å². The molecule has 4 aromatic carbocycles. The minimum Gasteiger partial charge on any atom is -0.447 e. The Morgan fingerprint density at radius 2 is 1.21 bits per heavy atom. The summed E-state index contributed by atoms with van der Waals surface area (Å²) in [6.07, 6.45) is -1.11. The van der Waals surface area contributed by atoms with Crippen LogP contribution in [-0.2, 0) is 19.9 Å². The Morgan fingerprint density at radius 1 is 0.744 bits per heavy atom. The maximum Gasteiger partial charge on any atom is 0.416 e. The van der Waals surface area contributed by atoms with Crippen molar-refractivity contribution < 1.29 is 19.2 Å². The fraction of sp³-hybridized carbons (Fsp3) is 0.212. The third kappa shape index (κ3) is 4.22. The zero-order chi connectivity index (χ0) is 26.8. The molecule has 6 heteroatoms. The standard InChI is InChI=1S/C33H30N2O4/c1-24-29(31(36)34-22-23-38-32(34)37)30(25-14-6-2-7-15-25)35(39-24)33(26-16-8-3-9-17-26,27-18-10-4-11-19-27)28-20-12-5-13-21-28/h2-21,24,29-30H,22-23H2,1H3/t24-,29-,30-/m1/s1. The quantitative estimate of drug-likeness (QED) is 0.295. The Kier molecular flexibility index (Phi) is 6.73. The van der Waals surface area contributed by atoms with Crippen molar-refractivity contribution in [3.63, 3.8) is 0 Å². The van der Waals surface area contributed by atoms with Crippen LogP contribution in [0.4, 0.5) is 4.79 Å². The number of rotatable bonds is 6. The first kappa shape index (κ1) is 25.0. The molecule has 0 radical (unpaired) electrons. The molecule has 0 spiro atoms. The van der Waals surface area contributed by atoms with Gasteiger partial charge in [0.05, 0.1) is 24.6 Å². The fourth-order valence-corrected chi connectivity index (χ4v) is 6.02. The molecular weight excluding hydrogens is 488 g/mol. The molecule has 2 aliphatic heterocycles. The molecule has 2 amide bonds. The van der Waals surface area contributed by atoms with Gasteiger partial charge in [0.1, 0.15) is 12.1 Å². The van der Waals surface area contributed by atoms with Crippen molar-refractivity contribution in [2.24, 2.45) is 5.92 Å². The van der Waals surface area contributed by atoms with Crippen LogP contribution in [0.25, 0.3) is 0 Å². The second-order valence-electron chi connectivity index (χ2n) is 9.93. The van der Waals surface area contributed by atoms with Crippen molar-refractivity contribution >= 4 is 12.0 Å². The van der Waals surface area contributed by atoms with E-state index in [9.17, 15) is 9.59 Å². The van der Waals surface area contributed by atoms with Gasteiger partial charge in [-0.25, -0.2) is 9.69 Å². The number of hydrogen-bond donors (Lipinski definition) is 0. The van der Waals surface area contributed by atoms with Gasteiger partial charge in [-0.05, 0) is 29.2 Å². The van der Waals surface area contributed by atoms with Gasteiger partial charge in [0, 0.05) is 0 Å². The highest BCUT2D eigenvalue weighted by molar-refractivity contribution is 5.95. The number of nitrogens with zero attached hydrogens (tertiary/aromatic N) is 2. The molecule has 4 aromatic rings. The predicted octanol–water partition coefficient (Wildman–Crippen LogP) is 5.95. The fourth-order valence-electron chi connectivity index (χ4n) is 6.02. The number of carbonyl (C=O) groups excluding carboxylic acids is 2. The largest absolute Gasteiger partial charge is 0.447 e. The number of hydroxylamine groups is 2. The van der Waals surface area contributed by atoms with Crippen molar-refractivity contribution in [3.8, 4) is 0 Å². The van der Waals surface area contributed by atoms with Gasteiger partial charge in [-0.1, -0.05) is 121 Å². The van der Waals surface area contributed by atoms with E-state index >= 15 is 0 Å². The van der Waals surface area contributed by atoms with Gasteiger partial charge in [-0.2, -0.15) is 5.06 Å². The van der Waals surface area contributed by atoms with E-state index in [0.29, 0.717) is 0 Å². The minimum atomic E-state index is -0.904. The number of benzene rings is 4. The maximum absolute atomic E-state index is 14.1. The molecule has 0 aromatic heterocycles. The summed E-state index contributed by atoms with van der Waals surface area (Å²) in [6.45, 7) is 2.35. The van der Waals surface area contributed by atoms with Crippen LogP contribution in [-0.4, -0.2) is 41.2 Å². The van der Waals surface area contributed by atoms with E-state index in [1.165, 1.54) is 4.90 Å². The molecule has 0 N–H and O–H groups in total. The number of amides is 2. The van der Waals surface area contributed by atoms with Gasteiger partial charge < -0.3 is 4.74 Å². The van der Waals surface area contributed by atoms with Gasteiger partial charge in [0.2, 0.25) is 5.91 Å². The molecule has 2 aliphatic rings. The molecule has 0 bridgehead atoms. The number of ether oxygens (including phenoxy) is 1. The van der Waals surface area contributed by atoms with Gasteiger partial charge in [-0.3, -0.25) is 9.63 Å². The number of carbonyl (C=O) groups is 2. The summed E-state index contributed by atoms with van der Waals surface area (Å²) in [5, 5.41) is 2.00. The molecule has 39 heavy (non-hydrogen) atoms. The van der Waals surface area contributed by atoms with Crippen molar-refractivity contribution in [2.75, 3.05) is 13.2 Å². The van der Waals surface area contributed by atoms with Crippen molar-refractivity contribution in [3.05, 3.63) is 144 Å². The molecule has 2 fully saturated rings. The van der Waals surface area contributed by atoms with Crippen LogP contribution in [0, 0.1) is 5.92 Å². The Labute approximate surface area is 228 Å². The van der Waals surface area contributed by atoms with Crippen LogP contribution in [0.15, 0.2) is 121 Å². The smallest absolute Gasteiger partial charge is 0.416 e. The summed E-state index contributed by atoms with van der Waals surface area (Å²) in [5.41, 5.74) is 3.04. The Morgan fingerprint density at radius 3 is 1.64 bits per heavy atom. The van der Waals surface area contributed by atoms with Crippen molar-refractivity contribution in [2.45, 2.75) is 24.6 Å². The van der Waals surface area contributed by atoms with E-state index in [-0.39, 0.29) is 19.1 Å². The number of cyclic esters (lactones) is 1. The van der Waals surface area contributed by atoms with E-state index in [0.717, 1.165) is 22.3 Å². The first-order valence-corrected chi connectivity index (χ1v) is 13.3. The molecule has 6 nitrogen and oxygen atoms in total. The zero-order valence-electron chi connectivity index (χ0n) is 21.7. The van der Waals surface area contributed by atoms with Crippen molar-refractivity contribution in [1.82, 2.24) is 9.96 Å². The lowest BCUT2D eigenvalue weighted by Crippen LogP contribution is -2.49. The first-order chi connectivity index (χ1) is 19.1. The van der Waals surface area contributed by atoms with E-state index < -0.39 is 29.7 Å². The van der Waals surface area contributed by atoms with Gasteiger partial charge in [0.15, 0.2) is 0 Å². The Bertz CT molecular complexity index is 1330. The van der Waals surface area contributed by atoms with Crippen LogP contribution < -0.4 is 0 Å². The molecule has 6 rings (SSSR count). The summed E-state index contributed by atoms with van der Waals surface area (Å²) >= 11 is 0. The number of imide groups is 1. The Hall–Kier alpha value is -4.26. The van der Waals surface area contributed by atoms with E-state index in [4.69, 9.17) is 9.57 Å². The maximum atomic E-state index is 14.1. The lowest BCUT2D eigenvalue weighted by Gasteiger charge is -2.45. The monoisotopic (exact) mass is 518 g/mol. The third-order valence-electron chi connectivity index (χ3n) is 7.74. The normalized spacial score (nSPS) is 21.6. The van der Waals surface area contributed by atoms with E-state index in [2.05, 4.69) is 36.4 Å². The highest BCUT2D eigenvalue weighted by Crippen LogP contribution is 2.53. The second kappa shape index (κ2) is 10.5. The zero-order valence-corrected chi connectivity index (χ0v) is 21.7. The van der Waals surface area contributed by atoms with E-state index in [1.54, 1.807) is 0 Å². The van der Waals surface area contributed by atoms with E-state index in [1.807, 2.05) is 96.9 Å². The molecule has 3 atom stereocenters. The molecular formula is C33H30N2O4. The lowest BCUT2D eigenvalue weighted by atomic mass is 9.74. The summed E-state index contributed by atoms with van der Waals surface area (Å²) in [5.74, 6) is -0.932. The minimum absolute atomic E-state index is 0.203. The third-order valence-corrected chi connectivity index (χ3v) is 7.74. The van der Waals surface area contributed by atoms with Gasteiger partial charge in [-0.15, -0.1) is 0 Å². The molecule has 0 aliphatic carbocycles. The van der Waals surface area contributed by atoms with Crippen LogP contribution in [0.1, 0.15) is 35.2 Å². The molecule has 196 valence electrons. The highest BCUT2D eigenvalue weighted by Gasteiger charge is 2.57.